The summed E-state index contributed by atoms with van der Waals surface area (Å²) in [6, 6.07) is 3.69. The SMILES string of the molecule is O=C1CC[C@]2(O)[C@@H]3Cc4ccc(O)c5c4[C@@]2(CCN3CC2CC2)[C@H]1O5. The van der Waals surface area contributed by atoms with Gasteiger partial charge >= 0.3 is 0 Å². The summed E-state index contributed by atoms with van der Waals surface area (Å²) in [5, 5.41) is 22.3. The number of Topliss-reactive ketones (excluding diaryl/α,β-unsaturated/α-hetero) is 1. The lowest BCUT2D eigenvalue weighted by Crippen LogP contribution is -2.76. The van der Waals surface area contributed by atoms with Crippen molar-refractivity contribution in [3.05, 3.63) is 23.3 Å². The summed E-state index contributed by atoms with van der Waals surface area (Å²) >= 11 is 0. The van der Waals surface area contributed by atoms with Crippen LogP contribution >= 0.6 is 0 Å². The van der Waals surface area contributed by atoms with Gasteiger partial charge in [0.1, 0.15) is 0 Å². The minimum absolute atomic E-state index is 0.0454. The average Bonchev–Trinajstić information content (AvgIpc) is 3.32. The highest BCUT2D eigenvalue weighted by atomic mass is 16.5. The van der Waals surface area contributed by atoms with Crippen molar-refractivity contribution in [1.29, 1.82) is 0 Å². The second-order valence-corrected chi connectivity index (χ2v) is 8.72. The number of benzene rings is 1. The predicted molar refractivity (Wildman–Crippen MR) is 89.8 cm³/mol. The molecule has 2 aliphatic heterocycles. The molecule has 3 fully saturated rings. The van der Waals surface area contributed by atoms with Gasteiger partial charge in [0.2, 0.25) is 0 Å². The van der Waals surface area contributed by atoms with Gasteiger partial charge in [0.05, 0.1) is 11.0 Å². The van der Waals surface area contributed by atoms with Crippen LogP contribution < -0.4 is 4.74 Å². The van der Waals surface area contributed by atoms with E-state index in [0.29, 0.717) is 18.6 Å². The van der Waals surface area contributed by atoms with E-state index in [1.54, 1.807) is 6.07 Å². The first-order valence-corrected chi connectivity index (χ1v) is 9.56. The summed E-state index contributed by atoms with van der Waals surface area (Å²) < 4.78 is 6.04. The van der Waals surface area contributed by atoms with Crippen molar-refractivity contribution in [3.8, 4) is 11.5 Å². The molecule has 2 N–H and O–H groups in total. The van der Waals surface area contributed by atoms with Crippen LogP contribution in [-0.4, -0.2) is 51.7 Å². The number of ether oxygens (including phenoxy) is 1. The van der Waals surface area contributed by atoms with Gasteiger partial charge in [-0.1, -0.05) is 6.07 Å². The van der Waals surface area contributed by atoms with E-state index < -0.39 is 17.1 Å². The van der Waals surface area contributed by atoms with E-state index in [2.05, 4.69) is 4.90 Å². The summed E-state index contributed by atoms with van der Waals surface area (Å²) in [5.41, 5.74) is 0.454. The van der Waals surface area contributed by atoms with Gasteiger partial charge in [0.15, 0.2) is 23.4 Å². The minimum Gasteiger partial charge on any atom is -0.504 e. The summed E-state index contributed by atoms with van der Waals surface area (Å²) in [6.07, 6.45) is 4.33. The minimum atomic E-state index is -0.940. The van der Waals surface area contributed by atoms with Crippen LogP contribution in [0.3, 0.4) is 0 Å². The third-order valence-electron chi connectivity index (χ3n) is 7.56. The monoisotopic (exact) mass is 341 g/mol. The number of likely N-dealkylation sites (tertiary alicyclic amines) is 1. The van der Waals surface area contributed by atoms with Crippen LogP contribution in [0.25, 0.3) is 0 Å². The van der Waals surface area contributed by atoms with E-state index in [-0.39, 0.29) is 17.6 Å². The first kappa shape index (κ1) is 14.6. The Bertz CT molecular complexity index is 803. The summed E-state index contributed by atoms with van der Waals surface area (Å²) in [7, 11) is 0. The molecule has 5 nitrogen and oxygen atoms in total. The Labute approximate surface area is 146 Å². The number of piperidine rings is 1. The number of rotatable bonds is 2. The molecule has 2 saturated carbocycles. The number of carbonyl (C=O) groups is 1. The summed E-state index contributed by atoms with van der Waals surface area (Å²) in [6.45, 7) is 1.95. The summed E-state index contributed by atoms with van der Waals surface area (Å²) in [4.78, 5) is 15.2. The lowest BCUT2D eigenvalue weighted by Gasteiger charge is -2.62. The lowest BCUT2D eigenvalue weighted by atomic mass is 9.49. The Morgan fingerprint density at radius 3 is 2.92 bits per heavy atom. The molecule has 4 atom stereocenters. The Morgan fingerprint density at radius 2 is 2.12 bits per heavy atom. The van der Waals surface area contributed by atoms with Crippen LogP contribution in [0.2, 0.25) is 0 Å². The third kappa shape index (κ3) is 1.56. The van der Waals surface area contributed by atoms with E-state index in [1.165, 1.54) is 12.8 Å². The van der Waals surface area contributed by atoms with Gasteiger partial charge in [-0.3, -0.25) is 9.69 Å². The van der Waals surface area contributed by atoms with Crippen molar-refractivity contribution < 1.29 is 19.7 Å². The first-order valence-electron chi connectivity index (χ1n) is 9.56. The van der Waals surface area contributed by atoms with E-state index in [1.807, 2.05) is 6.07 Å². The molecule has 0 amide bonds. The van der Waals surface area contributed by atoms with E-state index in [9.17, 15) is 15.0 Å². The van der Waals surface area contributed by atoms with Gasteiger partial charge in [0, 0.05) is 24.6 Å². The number of aromatic hydroxyl groups is 1. The quantitative estimate of drug-likeness (QED) is 0.854. The number of carbonyl (C=O) groups excluding carboxylic acids is 1. The number of aliphatic hydroxyl groups is 1. The highest BCUT2D eigenvalue weighted by Gasteiger charge is 2.73. The Morgan fingerprint density at radius 1 is 1.28 bits per heavy atom. The van der Waals surface area contributed by atoms with Crippen molar-refractivity contribution in [2.24, 2.45) is 5.92 Å². The fourth-order valence-corrected chi connectivity index (χ4v) is 6.26. The van der Waals surface area contributed by atoms with Crippen LogP contribution in [0.1, 0.15) is 43.2 Å². The maximum Gasteiger partial charge on any atom is 0.174 e. The Balaban J connectivity index is 1.58. The molecule has 5 aliphatic rings. The number of phenolic OH excluding ortho intramolecular Hbond substituents is 1. The molecule has 3 aliphatic carbocycles. The van der Waals surface area contributed by atoms with Crippen LogP contribution in [-0.2, 0) is 16.6 Å². The molecule has 2 bridgehead atoms. The fraction of sp³-hybridized carbons (Fsp3) is 0.650. The molecular formula is C20H23NO4. The molecule has 0 aromatic heterocycles. The molecule has 25 heavy (non-hydrogen) atoms. The van der Waals surface area contributed by atoms with Crippen molar-refractivity contribution >= 4 is 5.78 Å². The maximum absolute atomic E-state index is 12.7. The molecule has 0 radical (unpaired) electrons. The third-order valence-corrected chi connectivity index (χ3v) is 7.56. The van der Waals surface area contributed by atoms with Crippen LogP contribution in [0, 0.1) is 5.92 Å². The largest absolute Gasteiger partial charge is 0.504 e. The average molecular weight is 341 g/mol. The van der Waals surface area contributed by atoms with Gasteiger partial charge in [-0.05, 0) is 56.2 Å². The van der Waals surface area contributed by atoms with Crippen LogP contribution in [0.15, 0.2) is 12.1 Å². The van der Waals surface area contributed by atoms with Crippen LogP contribution in [0.5, 0.6) is 11.5 Å². The molecule has 1 aromatic rings. The highest BCUT2D eigenvalue weighted by molar-refractivity contribution is 5.90. The molecule has 132 valence electrons. The van der Waals surface area contributed by atoms with Crippen molar-refractivity contribution in [2.45, 2.75) is 61.7 Å². The van der Waals surface area contributed by atoms with Gasteiger partial charge in [-0.15, -0.1) is 0 Å². The molecular weight excluding hydrogens is 318 g/mol. The number of nitrogens with zero attached hydrogens (tertiary/aromatic N) is 1. The second-order valence-electron chi connectivity index (χ2n) is 8.72. The predicted octanol–water partition coefficient (Wildman–Crippen LogP) is 1.53. The lowest BCUT2D eigenvalue weighted by molar-refractivity contribution is -0.188. The zero-order valence-electron chi connectivity index (χ0n) is 14.2. The number of hydrogen-bond donors (Lipinski definition) is 2. The first-order chi connectivity index (χ1) is 12.0. The molecule has 6 rings (SSSR count). The zero-order chi connectivity index (χ0) is 17.0. The van der Waals surface area contributed by atoms with Crippen molar-refractivity contribution in [3.63, 3.8) is 0 Å². The van der Waals surface area contributed by atoms with Gasteiger partial charge in [-0.2, -0.15) is 0 Å². The van der Waals surface area contributed by atoms with Gasteiger partial charge in [0.25, 0.3) is 0 Å². The topological polar surface area (TPSA) is 70.0 Å². The van der Waals surface area contributed by atoms with E-state index in [4.69, 9.17) is 4.74 Å². The highest BCUT2D eigenvalue weighted by Crippen LogP contribution is 2.64. The van der Waals surface area contributed by atoms with Gasteiger partial charge < -0.3 is 14.9 Å². The van der Waals surface area contributed by atoms with E-state index >= 15 is 0 Å². The molecule has 0 unspecified atom stereocenters. The standard InChI is InChI=1S/C20H23NO4/c22-13-4-3-12-9-15-20(24)6-5-14(23)18-19(20,16(12)17(13)25-18)7-8-21(15)10-11-1-2-11/h3-4,11,15,18,22,24H,1-2,5-10H2/t15-,18-,19-,20-/m0/s1. The van der Waals surface area contributed by atoms with Crippen molar-refractivity contribution in [1.82, 2.24) is 4.90 Å². The number of hydrogen-bond acceptors (Lipinski definition) is 5. The second kappa shape index (κ2) is 4.38. The van der Waals surface area contributed by atoms with Crippen LogP contribution in [0.4, 0.5) is 0 Å². The Hall–Kier alpha value is -1.59. The molecule has 5 heteroatoms. The fourth-order valence-electron chi connectivity index (χ4n) is 6.26. The normalized spacial score (nSPS) is 41.4. The van der Waals surface area contributed by atoms with E-state index in [0.717, 1.165) is 43.0 Å². The number of ketones is 1. The maximum atomic E-state index is 12.7. The smallest absolute Gasteiger partial charge is 0.174 e. The molecule has 1 aromatic carbocycles. The number of phenols is 1. The van der Waals surface area contributed by atoms with Gasteiger partial charge in [-0.25, -0.2) is 0 Å². The zero-order valence-corrected chi connectivity index (χ0v) is 14.2. The Kier molecular flexibility index (Phi) is 2.55. The summed E-state index contributed by atoms with van der Waals surface area (Å²) in [5.74, 6) is 1.39. The van der Waals surface area contributed by atoms with Crippen molar-refractivity contribution in [2.75, 3.05) is 13.1 Å². The molecule has 1 saturated heterocycles. The molecule has 2 heterocycles. The molecule has 1 spiro atoms.